The first-order valence-electron chi connectivity index (χ1n) is 7.72. The third kappa shape index (κ3) is 4.37. The molecule has 0 bridgehead atoms. The summed E-state index contributed by atoms with van der Waals surface area (Å²) in [5.41, 5.74) is 0.135. The highest BCUT2D eigenvalue weighted by Crippen LogP contribution is 2.34. The molecule has 1 saturated carbocycles. The van der Waals surface area contributed by atoms with Gasteiger partial charge in [-0.25, -0.2) is 4.79 Å². The topological polar surface area (TPSA) is 53.2 Å². The van der Waals surface area contributed by atoms with Crippen molar-refractivity contribution in [3.63, 3.8) is 0 Å². The van der Waals surface area contributed by atoms with Gasteiger partial charge in [0, 0.05) is 17.1 Å². The number of rotatable bonds is 1. The summed E-state index contributed by atoms with van der Waals surface area (Å²) in [6.45, 7) is 7.06. The second kappa shape index (κ2) is 5.70. The first-order valence-corrected chi connectivity index (χ1v) is 7.72. The van der Waals surface area contributed by atoms with Crippen LogP contribution in [0.3, 0.4) is 0 Å². The lowest BCUT2D eigenvalue weighted by Crippen LogP contribution is -2.59. The average Bonchev–Trinajstić information content (AvgIpc) is 2.27. The Kier molecular flexibility index (Phi) is 4.39. The van der Waals surface area contributed by atoms with Gasteiger partial charge in [-0.2, -0.15) is 0 Å². The molecular formula is C15H29N3O. The second-order valence-electron chi connectivity index (χ2n) is 7.31. The minimum absolute atomic E-state index is 0.0228. The molecule has 4 nitrogen and oxygen atoms in total. The summed E-state index contributed by atoms with van der Waals surface area (Å²) in [4.78, 5) is 12.0. The Morgan fingerprint density at radius 1 is 1.21 bits per heavy atom. The Labute approximate surface area is 117 Å². The van der Waals surface area contributed by atoms with Gasteiger partial charge in [0.2, 0.25) is 0 Å². The predicted molar refractivity (Wildman–Crippen MR) is 78.3 cm³/mol. The van der Waals surface area contributed by atoms with Crippen molar-refractivity contribution in [2.24, 2.45) is 0 Å². The smallest absolute Gasteiger partial charge is 0.315 e. The van der Waals surface area contributed by atoms with Crippen LogP contribution in [0.5, 0.6) is 0 Å². The van der Waals surface area contributed by atoms with E-state index in [2.05, 4.69) is 16.0 Å². The van der Waals surface area contributed by atoms with Gasteiger partial charge < -0.3 is 16.0 Å². The molecule has 0 aromatic rings. The minimum Gasteiger partial charge on any atom is -0.335 e. The summed E-state index contributed by atoms with van der Waals surface area (Å²) < 4.78 is 0. The molecule has 0 aromatic heterocycles. The van der Waals surface area contributed by atoms with Crippen molar-refractivity contribution < 1.29 is 4.79 Å². The number of urea groups is 1. The van der Waals surface area contributed by atoms with E-state index in [-0.39, 0.29) is 11.6 Å². The lowest BCUT2D eigenvalue weighted by atomic mass is 9.75. The first-order chi connectivity index (χ1) is 8.89. The molecule has 1 heterocycles. The van der Waals surface area contributed by atoms with Crippen molar-refractivity contribution in [1.82, 2.24) is 16.0 Å². The van der Waals surface area contributed by atoms with Gasteiger partial charge in [-0.05, 0) is 53.0 Å². The second-order valence-corrected chi connectivity index (χ2v) is 7.31. The molecule has 1 aliphatic heterocycles. The van der Waals surface area contributed by atoms with Crippen LogP contribution < -0.4 is 16.0 Å². The third-order valence-corrected chi connectivity index (χ3v) is 4.26. The summed E-state index contributed by atoms with van der Waals surface area (Å²) in [5, 5.41) is 9.86. The highest BCUT2D eigenvalue weighted by molar-refractivity contribution is 5.75. The molecule has 0 aromatic carbocycles. The zero-order valence-electron chi connectivity index (χ0n) is 12.6. The molecule has 2 fully saturated rings. The van der Waals surface area contributed by atoms with Crippen molar-refractivity contribution in [1.29, 1.82) is 0 Å². The molecular weight excluding hydrogens is 238 g/mol. The van der Waals surface area contributed by atoms with Gasteiger partial charge in [0.1, 0.15) is 0 Å². The number of carbonyl (C=O) groups is 1. The number of hydrogen-bond donors (Lipinski definition) is 3. The van der Waals surface area contributed by atoms with E-state index in [0.717, 1.165) is 19.4 Å². The Morgan fingerprint density at radius 3 is 2.53 bits per heavy atom. The molecule has 2 rings (SSSR count). The van der Waals surface area contributed by atoms with Crippen LogP contribution in [0.1, 0.15) is 65.7 Å². The maximum absolute atomic E-state index is 12.0. The number of amides is 2. The number of piperidine rings is 1. The zero-order chi connectivity index (χ0) is 13.9. The number of nitrogens with one attached hydrogen (secondary N) is 3. The van der Waals surface area contributed by atoms with Crippen molar-refractivity contribution in [3.05, 3.63) is 0 Å². The first kappa shape index (κ1) is 14.6. The number of hydrogen-bond acceptors (Lipinski definition) is 2. The summed E-state index contributed by atoms with van der Waals surface area (Å²) in [6.07, 6.45) is 8.69. The van der Waals surface area contributed by atoms with Gasteiger partial charge in [0.05, 0.1) is 0 Å². The maximum atomic E-state index is 12.0. The molecule has 1 unspecified atom stereocenters. The van der Waals surface area contributed by atoms with E-state index in [1.54, 1.807) is 0 Å². The van der Waals surface area contributed by atoms with Crippen LogP contribution in [0.2, 0.25) is 0 Å². The van der Waals surface area contributed by atoms with Crippen LogP contribution >= 0.6 is 0 Å². The van der Waals surface area contributed by atoms with E-state index >= 15 is 0 Å². The van der Waals surface area contributed by atoms with Crippen LogP contribution in [0.25, 0.3) is 0 Å². The highest BCUT2D eigenvalue weighted by atomic mass is 16.2. The molecule has 2 aliphatic rings. The van der Waals surface area contributed by atoms with Crippen LogP contribution in [0.4, 0.5) is 4.79 Å². The molecule has 19 heavy (non-hydrogen) atoms. The van der Waals surface area contributed by atoms with E-state index in [9.17, 15) is 4.79 Å². The van der Waals surface area contributed by atoms with Crippen LogP contribution in [0.15, 0.2) is 0 Å². The van der Waals surface area contributed by atoms with Crippen molar-refractivity contribution >= 4 is 6.03 Å². The van der Waals surface area contributed by atoms with Crippen LogP contribution in [0, 0.1) is 0 Å². The van der Waals surface area contributed by atoms with Crippen molar-refractivity contribution in [3.8, 4) is 0 Å². The number of carbonyl (C=O) groups excluding carboxylic acids is 1. The monoisotopic (exact) mass is 267 g/mol. The predicted octanol–water partition coefficient (Wildman–Crippen LogP) is 2.54. The van der Waals surface area contributed by atoms with E-state index < -0.39 is 0 Å². The molecule has 2 amide bonds. The van der Waals surface area contributed by atoms with Gasteiger partial charge >= 0.3 is 6.03 Å². The third-order valence-electron chi connectivity index (χ3n) is 4.26. The van der Waals surface area contributed by atoms with Crippen molar-refractivity contribution in [2.75, 3.05) is 6.54 Å². The summed E-state index contributed by atoms with van der Waals surface area (Å²) in [6, 6.07) is 0.298. The standard InChI is InChI=1S/C15H29N3O/c1-14(2,3)18-13(19)17-12-7-10-16-15(11-12)8-5-4-6-9-15/h12,16H,4-11H2,1-3H3,(H2,17,18,19). The van der Waals surface area contributed by atoms with Crippen molar-refractivity contribution in [2.45, 2.75) is 82.8 Å². The van der Waals surface area contributed by atoms with Gasteiger partial charge in [0.25, 0.3) is 0 Å². The summed E-state index contributed by atoms with van der Waals surface area (Å²) in [5.74, 6) is 0. The zero-order valence-corrected chi connectivity index (χ0v) is 12.6. The Balaban J connectivity index is 1.85. The van der Waals surface area contributed by atoms with Crippen LogP contribution in [-0.4, -0.2) is 29.7 Å². The molecule has 3 N–H and O–H groups in total. The highest BCUT2D eigenvalue weighted by Gasteiger charge is 2.37. The molecule has 1 aliphatic carbocycles. The molecule has 4 heteroatoms. The lowest BCUT2D eigenvalue weighted by molar-refractivity contribution is 0.156. The maximum Gasteiger partial charge on any atom is 0.315 e. The largest absolute Gasteiger partial charge is 0.335 e. The normalized spacial score (nSPS) is 27.0. The summed E-state index contributed by atoms with van der Waals surface area (Å²) in [7, 11) is 0. The average molecular weight is 267 g/mol. The lowest BCUT2D eigenvalue weighted by Gasteiger charge is -2.44. The molecule has 1 spiro atoms. The fourth-order valence-corrected chi connectivity index (χ4v) is 3.45. The van der Waals surface area contributed by atoms with E-state index in [4.69, 9.17) is 0 Å². The quantitative estimate of drug-likeness (QED) is 0.684. The van der Waals surface area contributed by atoms with Gasteiger partial charge in [-0.1, -0.05) is 19.3 Å². The Morgan fingerprint density at radius 2 is 1.89 bits per heavy atom. The summed E-state index contributed by atoms with van der Waals surface area (Å²) >= 11 is 0. The van der Waals surface area contributed by atoms with Crippen LogP contribution in [-0.2, 0) is 0 Å². The van der Waals surface area contributed by atoms with Gasteiger partial charge in [0.15, 0.2) is 0 Å². The molecule has 1 saturated heterocycles. The fraction of sp³-hybridized carbons (Fsp3) is 0.933. The fourth-order valence-electron chi connectivity index (χ4n) is 3.45. The Hall–Kier alpha value is -0.770. The minimum atomic E-state index is -0.167. The SMILES string of the molecule is CC(C)(C)NC(=O)NC1CCNC2(CCCCC2)C1. The van der Waals surface area contributed by atoms with E-state index in [1.165, 1.54) is 32.1 Å². The van der Waals surface area contributed by atoms with Gasteiger partial charge in [-0.3, -0.25) is 0 Å². The Bertz CT molecular complexity index is 310. The van der Waals surface area contributed by atoms with E-state index in [0.29, 0.717) is 11.6 Å². The van der Waals surface area contributed by atoms with E-state index in [1.807, 2.05) is 20.8 Å². The molecule has 0 radical (unpaired) electrons. The van der Waals surface area contributed by atoms with Gasteiger partial charge in [-0.15, -0.1) is 0 Å². The molecule has 1 atom stereocenters. The molecule has 110 valence electrons.